The van der Waals surface area contributed by atoms with E-state index in [0.717, 1.165) is 46.4 Å². The Bertz CT molecular complexity index is 818. The van der Waals surface area contributed by atoms with E-state index < -0.39 is 0 Å². The van der Waals surface area contributed by atoms with Crippen molar-refractivity contribution in [1.29, 1.82) is 0 Å². The summed E-state index contributed by atoms with van der Waals surface area (Å²) in [5.41, 5.74) is 2.74. The molecule has 1 aliphatic rings. The number of ether oxygens (including phenoxy) is 3. The number of nitrogens with one attached hydrogen (secondary N) is 1. The van der Waals surface area contributed by atoms with Gasteiger partial charge in [0.1, 0.15) is 0 Å². The van der Waals surface area contributed by atoms with Crippen molar-refractivity contribution in [2.75, 3.05) is 32.8 Å². The summed E-state index contributed by atoms with van der Waals surface area (Å²) < 4.78 is 17.1. The maximum absolute atomic E-state index is 13.0. The predicted octanol–water partition coefficient (Wildman–Crippen LogP) is 4.71. The molecule has 1 aliphatic heterocycles. The van der Waals surface area contributed by atoms with E-state index in [4.69, 9.17) is 14.2 Å². The van der Waals surface area contributed by atoms with Gasteiger partial charge in [-0.25, -0.2) is 0 Å². The van der Waals surface area contributed by atoms with Crippen LogP contribution in [0.2, 0.25) is 0 Å². The Labute approximate surface area is 179 Å². The molecule has 5 nitrogen and oxygen atoms in total. The van der Waals surface area contributed by atoms with E-state index in [1.807, 2.05) is 36.4 Å². The van der Waals surface area contributed by atoms with Crippen LogP contribution >= 0.6 is 22.6 Å². The number of ketones is 1. The van der Waals surface area contributed by atoms with Crippen molar-refractivity contribution in [3.63, 3.8) is 0 Å². The SMILES string of the molecule is COc1ccc(CCC(=O)c2cc(I)ccc2NC2CCOCC2)cc1OC. The van der Waals surface area contributed by atoms with Crippen LogP contribution in [0.5, 0.6) is 11.5 Å². The average molecular weight is 495 g/mol. The second-order valence-corrected chi connectivity index (χ2v) is 8.08. The Morgan fingerprint density at radius 1 is 1.11 bits per heavy atom. The van der Waals surface area contributed by atoms with Gasteiger partial charge in [-0.1, -0.05) is 6.07 Å². The van der Waals surface area contributed by atoms with Crippen LogP contribution in [-0.2, 0) is 11.2 Å². The van der Waals surface area contributed by atoms with E-state index in [2.05, 4.69) is 27.9 Å². The highest BCUT2D eigenvalue weighted by Crippen LogP contribution is 2.29. The van der Waals surface area contributed by atoms with E-state index in [1.165, 1.54) is 0 Å². The van der Waals surface area contributed by atoms with E-state index in [0.29, 0.717) is 30.4 Å². The topological polar surface area (TPSA) is 56.8 Å². The summed E-state index contributed by atoms with van der Waals surface area (Å²) in [6.07, 6.45) is 3.02. The molecule has 0 aliphatic carbocycles. The van der Waals surface area contributed by atoms with Crippen LogP contribution in [0.1, 0.15) is 35.2 Å². The van der Waals surface area contributed by atoms with Crippen LogP contribution in [-0.4, -0.2) is 39.3 Å². The van der Waals surface area contributed by atoms with Gasteiger partial charge < -0.3 is 19.5 Å². The lowest BCUT2D eigenvalue weighted by molar-refractivity contribution is 0.0904. The lowest BCUT2D eigenvalue weighted by Crippen LogP contribution is -2.28. The minimum absolute atomic E-state index is 0.142. The highest BCUT2D eigenvalue weighted by atomic mass is 127. The molecule has 0 saturated carbocycles. The molecule has 28 heavy (non-hydrogen) atoms. The maximum atomic E-state index is 13.0. The quantitative estimate of drug-likeness (QED) is 0.425. The molecular weight excluding hydrogens is 469 g/mol. The number of carbonyl (C=O) groups excluding carboxylic acids is 1. The zero-order chi connectivity index (χ0) is 19.9. The van der Waals surface area contributed by atoms with Crippen LogP contribution < -0.4 is 14.8 Å². The van der Waals surface area contributed by atoms with Crippen molar-refractivity contribution in [2.45, 2.75) is 31.7 Å². The summed E-state index contributed by atoms with van der Waals surface area (Å²) in [6, 6.07) is 12.2. The van der Waals surface area contributed by atoms with E-state index in [9.17, 15) is 4.79 Å². The number of aryl methyl sites for hydroxylation is 1. The summed E-state index contributed by atoms with van der Waals surface area (Å²) in [5.74, 6) is 1.52. The minimum atomic E-state index is 0.142. The van der Waals surface area contributed by atoms with Gasteiger partial charge in [-0.3, -0.25) is 4.79 Å². The predicted molar refractivity (Wildman–Crippen MR) is 119 cm³/mol. The summed E-state index contributed by atoms with van der Waals surface area (Å²) in [7, 11) is 3.23. The fourth-order valence-corrected chi connectivity index (χ4v) is 3.85. The molecule has 0 radical (unpaired) electrons. The Kier molecular flexibility index (Phi) is 7.56. The van der Waals surface area contributed by atoms with E-state index >= 15 is 0 Å². The first kappa shape index (κ1) is 20.9. The fourth-order valence-electron chi connectivity index (χ4n) is 3.36. The molecule has 3 rings (SSSR count). The number of methoxy groups -OCH3 is 2. The van der Waals surface area contributed by atoms with Crippen molar-refractivity contribution in [2.24, 2.45) is 0 Å². The Hall–Kier alpha value is -1.80. The van der Waals surface area contributed by atoms with Gasteiger partial charge in [0.2, 0.25) is 0 Å². The van der Waals surface area contributed by atoms with Gasteiger partial charge in [0.05, 0.1) is 14.2 Å². The van der Waals surface area contributed by atoms with Gasteiger partial charge in [-0.15, -0.1) is 0 Å². The van der Waals surface area contributed by atoms with Crippen molar-refractivity contribution in [1.82, 2.24) is 0 Å². The minimum Gasteiger partial charge on any atom is -0.493 e. The molecule has 0 unspecified atom stereocenters. The van der Waals surface area contributed by atoms with Crippen LogP contribution in [0.4, 0.5) is 5.69 Å². The molecule has 1 saturated heterocycles. The summed E-state index contributed by atoms with van der Waals surface area (Å²) in [5, 5.41) is 3.55. The van der Waals surface area contributed by atoms with Crippen LogP contribution in [0.3, 0.4) is 0 Å². The molecule has 0 atom stereocenters. The monoisotopic (exact) mass is 495 g/mol. The van der Waals surface area contributed by atoms with Crippen LogP contribution in [0.15, 0.2) is 36.4 Å². The van der Waals surface area contributed by atoms with Crippen molar-refractivity contribution >= 4 is 34.1 Å². The molecule has 0 amide bonds. The molecule has 1 heterocycles. The number of hydrogen-bond acceptors (Lipinski definition) is 5. The highest BCUT2D eigenvalue weighted by molar-refractivity contribution is 14.1. The first-order valence-corrected chi connectivity index (χ1v) is 10.6. The lowest BCUT2D eigenvalue weighted by atomic mass is 10.00. The molecule has 0 aromatic heterocycles. The Balaban J connectivity index is 1.70. The third kappa shape index (κ3) is 5.38. The normalized spacial score (nSPS) is 14.5. The third-order valence-corrected chi connectivity index (χ3v) is 5.62. The molecule has 0 bridgehead atoms. The van der Waals surface area contributed by atoms with Gasteiger partial charge >= 0.3 is 0 Å². The summed E-state index contributed by atoms with van der Waals surface area (Å²) >= 11 is 2.25. The molecule has 150 valence electrons. The smallest absolute Gasteiger partial charge is 0.165 e. The number of hydrogen-bond donors (Lipinski definition) is 1. The van der Waals surface area contributed by atoms with Gasteiger partial charge in [0, 0.05) is 40.5 Å². The molecular formula is C22H26INO4. The maximum Gasteiger partial charge on any atom is 0.165 e. The second-order valence-electron chi connectivity index (χ2n) is 6.83. The molecule has 1 N–H and O–H groups in total. The third-order valence-electron chi connectivity index (χ3n) is 4.95. The standard InChI is InChI=1S/C22H26INO4/c1-26-21-8-4-15(13-22(21)27-2)3-7-20(25)18-14-16(23)5-6-19(18)24-17-9-11-28-12-10-17/h4-6,8,13-14,17,24H,3,7,9-12H2,1-2H3. The first-order chi connectivity index (χ1) is 13.6. The van der Waals surface area contributed by atoms with Gasteiger partial charge in [-0.2, -0.15) is 0 Å². The summed E-state index contributed by atoms with van der Waals surface area (Å²) in [4.78, 5) is 13.0. The second kappa shape index (κ2) is 10.1. The summed E-state index contributed by atoms with van der Waals surface area (Å²) in [6.45, 7) is 1.54. The van der Waals surface area contributed by atoms with E-state index in [-0.39, 0.29) is 5.78 Å². The first-order valence-electron chi connectivity index (χ1n) is 9.48. The number of carbonyl (C=O) groups is 1. The number of Topliss-reactive ketones (excluding diaryl/α,β-unsaturated/α-hetero) is 1. The highest BCUT2D eigenvalue weighted by Gasteiger charge is 2.18. The van der Waals surface area contributed by atoms with Crippen molar-refractivity contribution in [3.05, 3.63) is 51.1 Å². The Morgan fingerprint density at radius 2 is 1.86 bits per heavy atom. The lowest BCUT2D eigenvalue weighted by Gasteiger charge is -2.25. The van der Waals surface area contributed by atoms with Gasteiger partial charge in [-0.05, 0) is 77.7 Å². The average Bonchev–Trinajstić information content (AvgIpc) is 2.73. The number of halogens is 1. The number of anilines is 1. The molecule has 0 spiro atoms. The fraction of sp³-hybridized carbons (Fsp3) is 0.409. The molecule has 2 aromatic rings. The van der Waals surface area contributed by atoms with Crippen molar-refractivity contribution in [3.8, 4) is 11.5 Å². The zero-order valence-electron chi connectivity index (χ0n) is 16.3. The largest absolute Gasteiger partial charge is 0.493 e. The Morgan fingerprint density at radius 3 is 2.57 bits per heavy atom. The number of rotatable bonds is 8. The number of benzene rings is 2. The molecule has 6 heteroatoms. The van der Waals surface area contributed by atoms with Gasteiger partial charge in [0.15, 0.2) is 17.3 Å². The zero-order valence-corrected chi connectivity index (χ0v) is 18.5. The van der Waals surface area contributed by atoms with Gasteiger partial charge in [0.25, 0.3) is 0 Å². The van der Waals surface area contributed by atoms with Crippen LogP contribution in [0, 0.1) is 3.57 Å². The van der Waals surface area contributed by atoms with Crippen molar-refractivity contribution < 1.29 is 19.0 Å². The molecule has 2 aromatic carbocycles. The van der Waals surface area contributed by atoms with Crippen LogP contribution in [0.25, 0.3) is 0 Å². The molecule has 1 fully saturated rings. The van der Waals surface area contributed by atoms with E-state index in [1.54, 1.807) is 14.2 Å².